The zero-order chi connectivity index (χ0) is 15.9. The van der Waals surface area contributed by atoms with Crippen molar-refractivity contribution in [3.8, 4) is 5.75 Å². The minimum absolute atomic E-state index is 0.0340. The normalized spacial score (nSPS) is 12.8. The lowest BCUT2D eigenvalue weighted by Gasteiger charge is -2.16. The summed E-state index contributed by atoms with van der Waals surface area (Å²) in [6.45, 7) is 1.84. The van der Waals surface area contributed by atoms with Crippen molar-refractivity contribution in [1.29, 1.82) is 0 Å². The van der Waals surface area contributed by atoms with Crippen LogP contribution in [0.1, 0.15) is 25.3 Å². The van der Waals surface area contributed by atoms with Gasteiger partial charge in [-0.25, -0.2) is 0 Å². The topological polar surface area (TPSA) is 58.6 Å². The van der Waals surface area contributed by atoms with Crippen LogP contribution in [-0.2, 0) is 11.2 Å². The molecule has 0 saturated heterocycles. The maximum atomic E-state index is 12.1. The summed E-state index contributed by atoms with van der Waals surface area (Å²) in [5.41, 5.74) is 0.424. The van der Waals surface area contributed by atoms with Crippen LogP contribution in [0.3, 0.4) is 0 Å². The Morgan fingerprint density at radius 1 is 1.43 bits per heavy atom. The van der Waals surface area contributed by atoms with Crippen LogP contribution in [0.25, 0.3) is 0 Å². The monoisotopic (exact) mass is 305 g/mol. The van der Waals surface area contributed by atoms with Crippen molar-refractivity contribution in [3.63, 3.8) is 0 Å². The molecule has 1 unspecified atom stereocenters. The van der Waals surface area contributed by atoms with Crippen molar-refractivity contribution >= 4 is 5.91 Å². The van der Waals surface area contributed by atoms with Gasteiger partial charge in [0.25, 0.3) is 0 Å². The molecule has 0 aliphatic heterocycles. The molecule has 118 valence electrons. The lowest BCUT2D eigenvalue weighted by molar-refractivity contribution is -0.274. The summed E-state index contributed by atoms with van der Waals surface area (Å²) in [5.74, 6) is -0.658. The van der Waals surface area contributed by atoms with Gasteiger partial charge in [-0.3, -0.25) is 4.79 Å². The first kappa shape index (κ1) is 17.3. The quantitative estimate of drug-likeness (QED) is 0.813. The third-order valence-electron chi connectivity index (χ3n) is 2.83. The number of aliphatic hydroxyl groups excluding tert-OH is 1. The highest BCUT2D eigenvalue weighted by molar-refractivity contribution is 5.78. The number of rotatable bonds is 7. The predicted molar refractivity (Wildman–Crippen MR) is 70.8 cm³/mol. The maximum absolute atomic E-state index is 12.1. The van der Waals surface area contributed by atoms with Gasteiger partial charge in [0, 0.05) is 12.6 Å². The zero-order valence-electron chi connectivity index (χ0n) is 11.6. The Morgan fingerprint density at radius 2 is 2.14 bits per heavy atom. The van der Waals surface area contributed by atoms with Crippen molar-refractivity contribution in [2.75, 3.05) is 6.61 Å². The molecular formula is C14H18F3NO3. The SMILES string of the molecule is CCC(CCO)NC(=O)Cc1cccc(OC(F)(F)F)c1. The number of hydrogen-bond donors (Lipinski definition) is 2. The number of aliphatic hydroxyl groups is 1. The van der Waals surface area contributed by atoms with E-state index in [0.29, 0.717) is 18.4 Å². The molecule has 0 heterocycles. The molecule has 0 bridgehead atoms. The Kier molecular flexibility index (Phi) is 6.48. The number of halogens is 3. The molecule has 0 aliphatic rings. The second-order valence-electron chi connectivity index (χ2n) is 4.56. The third-order valence-corrected chi connectivity index (χ3v) is 2.83. The van der Waals surface area contributed by atoms with E-state index in [1.54, 1.807) is 6.07 Å². The molecule has 0 saturated carbocycles. The van der Waals surface area contributed by atoms with Crippen LogP contribution in [0.5, 0.6) is 5.75 Å². The predicted octanol–water partition coefficient (Wildman–Crippen LogP) is 2.40. The van der Waals surface area contributed by atoms with Gasteiger partial charge in [0.2, 0.25) is 5.91 Å². The first-order valence-electron chi connectivity index (χ1n) is 6.59. The van der Waals surface area contributed by atoms with Gasteiger partial charge in [-0.05, 0) is 30.5 Å². The van der Waals surface area contributed by atoms with Crippen LogP contribution >= 0.6 is 0 Å². The Bertz CT molecular complexity index is 463. The minimum Gasteiger partial charge on any atom is -0.406 e. The number of benzene rings is 1. The summed E-state index contributed by atoms with van der Waals surface area (Å²) in [4.78, 5) is 11.8. The molecule has 1 atom stereocenters. The molecule has 4 nitrogen and oxygen atoms in total. The average molecular weight is 305 g/mol. The van der Waals surface area contributed by atoms with Crippen molar-refractivity contribution in [2.24, 2.45) is 0 Å². The average Bonchev–Trinajstić information content (AvgIpc) is 2.36. The molecule has 7 heteroatoms. The first-order valence-corrected chi connectivity index (χ1v) is 6.59. The summed E-state index contributed by atoms with van der Waals surface area (Å²) >= 11 is 0. The standard InChI is InChI=1S/C14H18F3NO3/c1-2-11(6-7-19)18-13(20)9-10-4-3-5-12(8-10)21-14(15,16)17/h3-5,8,11,19H,2,6-7,9H2,1H3,(H,18,20). The lowest BCUT2D eigenvalue weighted by Crippen LogP contribution is -2.36. The van der Waals surface area contributed by atoms with Gasteiger partial charge in [0.05, 0.1) is 6.42 Å². The summed E-state index contributed by atoms with van der Waals surface area (Å²) < 4.78 is 40.1. The van der Waals surface area contributed by atoms with Gasteiger partial charge in [0.1, 0.15) is 5.75 Å². The molecule has 2 N–H and O–H groups in total. The van der Waals surface area contributed by atoms with Gasteiger partial charge < -0.3 is 15.2 Å². The number of nitrogens with one attached hydrogen (secondary N) is 1. The summed E-state index contributed by atoms with van der Waals surface area (Å²) in [5, 5.41) is 11.6. The van der Waals surface area contributed by atoms with E-state index in [1.165, 1.54) is 18.2 Å². The van der Waals surface area contributed by atoms with Gasteiger partial charge in [0.15, 0.2) is 0 Å². The van der Waals surface area contributed by atoms with Crippen LogP contribution in [-0.4, -0.2) is 30.0 Å². The van der Waals surface area contributed by atoms with E-state index < -0.39 is 6.36 Å². The maximum Gasteiger partial charge on any atom is 0.573 e. The van der Waals surface area contributed by atoms with E-state index in [4.69, 9.17) is 5.11 Å². The molecule has 1 amide bonds. The summed E-state index contributed by atoms with van der Waals surface area (Å²) in [6, 6.07) is 5.16. The molecule has 21 heavy (non-hydrogen) atoms. The van der Waals surface area contributed by atoms with E-state index in [1.807, 2.05) is 6.92 Å². The minimum atomic E-state index is -4.75. The van der Waals surface area contributed by atoms with Crippen molar-refractivity contribution in [1.82, 2.24) is 5.32 Å². The Labute approximate surface area is 120 Å². The second kappa shape index (κ2) is 7.87. The van der Waals surface area contributed by atoms with Gasteiger partial charge in [-0.15, -0.1) is 13.2 Å². The van der Waals surface area contributed by atoms with E-state index in [9.17, 15) is 18.0 Å². The molecule has 0 aliphatic carbocycles. The number of ether oxygens (including phenoxy) is 1. The molecule has 0 aromatic heterocycles. The van der Waals surface area contributed by atoms with E-state index in [0.717, 1.165) is 0 Å². The number of alkyl halides is 3. The second-order valence-corrected chi connectivity index (χ2v) is 4.56. The van der Waals surface area contributed by atoms with E-state index in [2.05, 4.69) is 10.1 Å². The van der Waals surface area contributed by atoms with E-state index in [-0.39, 0.29) is 30.7 Å². The Hall–Kier alpha value is -1.76. The summed E-state index contributed by atoms with van der Waals surface area (Å²) in [7, 11) is 0. The van der Waals surface area contributed by atoms with Crippen molar-refractivity contribution < 1.29 is 27.8 Å². The number of amides is 1. The molecule has 0 fully saturated rings. The number of carbonyl (C=O) groups is 1. The highest BCUT2D eigenvalue weighted by Gasteiger charge is 2.31. The third kappa shape index (κ3) is 6.99. The molecule has 1 aromatic carbocycles. The van der Waals surface area contributed by atoms with Crippen LogP contribution in [0.2, 0.25) is 0 Å². The molecule has 0 spiro atoms. The number of hydrogen-bond acceptors (Lipinski definition) is 3. The van der Waals surface area contributed by atoms with Crippen LogP contribution in [0.4, 0.5) is 13.2 Å². The smallest absolute Gasteiger partial charge is 0.406 e. The van der Waals surface area contributed by atoms with Crippen LogP contribution in [0, 0.1) is 0 Å². The fraction of sp³-hybridized carbons (Fsp3) is 0.500. The van der Waals surface area contributed by atoms with Crippen LogP contribution in [0.15, 0.2) is 24.3 Å². The Balaban J connectivity index is 2.62. The first-order chi connectivity index (χ1) is 9.84. The van der Waals surface area contributed by atoms with Gasteiger partial charge in [-0.2, -0.15) is 0 Å². The zero-order valence-corrected chi connectivity index (χ0v) is 11.6. The molecule has 1 rings (SSSR count). The molecular weight excluding hydrogens is 287 g/mol. The highest BCUT2D eigenvalue weighted by Crippen LogP contribution is 2.23. The van der Waals surface area contributed by atoms with Crippen molar-refractivity contribution in [2.45, 2.75) is 38.6 Å². The van der Waals surface area contributed by atoms with E-state index >= 15 is 0 Å². The fourth-order valence-corrected chi connectivity index (χ4v) is 1.85. The Morgan fingerprint density at radius 3 is 2.71 bits per heavy atom. The van der Waals surface area contributed by atoms with Gasteiger partial charge in [-0.1, -0.05) is 19.1 Å². The highest BCUT2D eigenvalue weighted by atomic mass is 19.4. The fourth-order valence-electron chi connectivity index (χ4n) is 1.85. The van der Waals surface area contributed by atoms with Crippen molar-refractivity contribution in [3.05, 3.63) is 29.8 Å². The van der Waals surface area contributed by atoms with Crippen LogP contribution < -0.4 is 10.1 Å². The molecule has 1 aromatic rings. The largest absolute Gasteiger partial charge is 0.573 e. The summed E-state index contributed by atoms with van der Waals surface area (Å²) in [6.07, 6.45) is -3.69. The molecule has 0 radical (unpaired) electrons. The van der Waals surface area contributed by atoms with Gasteiger partial charge >= 0.3 is 6.36 Å². The lowest BCUT2D eigenvalue weighted by atomic mass is 10.1. The number of carbonyl (C=O) groups excluding carboxylic acids is 1.